The van der Waals surface area contributed by atoms with Gasteiger partial charge in [0.25, 0.3) is 0 Å². The van der Waals surface area contributed by atoms with Crippen LogP contribution in [0.2, 0.25) is 0 Å². The van der Waals surface area contributed by atoms with Gasteiger partial charge in [-0.05, 0) is 37.6 Å². The fourth-order valence-electron chi connectivity index (χ4n) is 2.56. The van der Waals surface area contributed by atoms with Crippen molar-refractivity contribution in [2.45, 2.75) is 43.8 Å². The number of thioether (sulfide) groups is 1. The van der Waals surface area contributed by atoms with Gasteiger partial charge in [0.05, 0.1) is 6.61 Å². The van der Waals surface area contributed by atoms with Crippen LogP contribution in [-0.4, -0.2) is 42.0 Å². The molecule has 0 aromatic heterocycles. The van der Waals surface area contributed by atoms with E-state index >= 15 is 0 Å². The number of carbonyl (C=O) groups is 1. The van der Waals surface area contributed by atoms with E-state index in [1.54, 1.807) is 0 Å². The number of hydrogen-bond donors (Lipinski definition) is 1. The van der Waals surface area contributed by atoms with Crippen LogP contribution in [0, 0.1) is 5.92 Å². The fourth-order valence-corrected chi connectivity index (χ4v) is 3.54. The van der Waals surface area contributed by atoms with Gasteiger partial charge in [0.2, 0.25) is 0 Å². The first kappa shape index (κ1) is 18.1. The van der Waals surface area contributed by atoms with E-state index in [-0.39, 0.29) is 10.8 Å². The molecule has 1 aliphatic rings. The van der Waals surface area contributed by atoms with Crippen molar-refractivity contribution in [2.24, 2.45) is 5.92 Å². The number of nitrogens with zero attached hydrogens (tertiary/aromatic N) is 1. The molecule has 1 atom stereocenters. The zero-order valence-electron chi connectivity index (χ0n) is 14.6. The molecule has 1 aromatic carbocycles. The molecule has 2 amide bonds. The van der Waals surface area contributed by atoms with Crippen molar-refractivity contribution >= 4 is 23.5 Å². The summed E-state index contributed by atoms with van der Waals surface area (Å²) in [6.45, 7) is 11.6. The minimum Gasteiger partial charge on any atom is -0.381 e. The molecule has 2 rings (SSSR count). The molecule has 4 nitrogen and oxygen atoms in total. The first-order valence-electron chi connectivity index (χ1n) is 8.30. The number of rotatable bonds is 5. The Hall–Kier alpha value is -1.20. The molecule has 0 unspecified atom stereocenters. The van der Waals surface area contributed by atoms with Gasteiger partial charge in [0, 0.05) is 40.9 Å². The molecule has 0 spiro atoms. The summed E-state index contributed by atoms with van der Waals surface area (Å²) >= 11 is 1.82. The Morgan fingerprint density at radius 2 is 2.04 bits per heavy atom. The highest BCUT2D eigenvalue weighted by Gasteiger charge is 2.21. The Kier molecular flexibility index (Phi) is 6.36. The predicted molar refractivity (Wildman–Crippen MR) is 97.2 cm³/mol. The second-order valence-electron chi connectivity index (χ2n) is 6.94. The molecule has 1 heterocycles. The van der Waals surface area contributed by atoms with Crippen LogP contribution in [0.3, 0.4) is 0 Å². The van der Waals surface area contributed by atoms with Gasteiger partial charge in [-0.1, -0.05) is 20.8 Å². The van der Waals surface area contributed by atoms with E-state index in [2.05, 4.69) is 38.2 Å². The fraction of sp³-hybridized carbons (Fsp3) is 0.611. The summed E-state index contributed by atoms with van der Waals surface area (Å²) in [6, 6.07) is 8.03. The van der Waals surface area contributed by atoms with Crippen molar-refractivity contribution in [2.75, 3.05) is 31.6 Å². The molecule has 0 saturated carbocycles. The number of anilines is 1. The molecule has 0 bridgehead atoms. The van der Waals surface area contributed by atoms with Gasteiger partial charge in [0.15, 0.2) is 0 Å². The van der Waals surface area contributed by atoms with Crippen molar-refractivity contribution < 1.29 is 9.53 Å². The Bertz CT molecular complexity index is 505. The number of urea groups is 1. The van der Waals surface area contributed by atoms with Gasteiger partial charge in [-0.15, -0.1) is 11.8 Å². The van der Waals surface area contributed by atoms with Crippen molar-refractivity contribution in [1.82, 2.24) is 4.90 Å². The van der Waals surface area contributed by atoms with E-state index in [4.69, 9.17) is 4.74 Å². The van der Waals surface area contributed by atoms with Crippen LogP contribution in [0.1, 0.15) is 34.1 Å². The monoisotopic (exact) mass is 336 g/mol. The second kappa shape index (κ2) is 8.06. The lowest BCUT2D eigenvalue weighted by Crippen LogP contribution is -2.38. The molecule has 23 heavy (non-hydrogen) atoms. The predicted octanol–water partition coefficient (Wildman–Crippen LogP) is 4.47. The maximum Gasteiger partial charge on any atom is 0.321 e. The van der Waals surface area contributed by atoms with Crippen molar-refractivity contribution in [3.05, 3.63) is 24.3 Å². The van der Waals surface area contributed by atoms with Crippen LogP contribution in [-0.2, 0) is 4.74 Å². The van der Waals surface area contributed by atoms with Gasteiger partial charge >= 0.3 is 6.03 Å². The van der Waals surface area contributed by atoms with Crippen molar-refractivity contribution in [3.8, 4) is 0 Å². The minimum absolute atomic E-state index is 0.0318. The van der Waals surface area contributed by atoms with Crippen LogP contribution < -0.4 is 5.32 Å². The number of ether oxygens (including phenoxy) is 1. The average Bonchev–Trinajstić information content (AvgIpc) is 2.98. The smallest absolute Gasteiger partial charge is 0.321 e. The van der Waals surface area contributed by atoms with E-state index in [0.717, 1.165) is 31.9 Å². The molecular weight excluding hydrogens is 308 g/mol. The molecule has 1 fully saturated rings. The van der Waals surface area contributed by atoms with Gasteiger partial charge in [-0.2, -0.15) is 0 Å². The van der Waals surface area contributed by atoms with Gasteiger partial charge < -0.3 is 15.0 Å². The zero-order valence-corrected chi connectivity index (χ0v) is 15.4. The van der Waals surface area contributed by atoms with Gasteiger partial charge in [-0.25, -0.2) is 4.79 Å². The second-order valence-corrected chi connectivity index (χ2v) is 8.84. The maximum atomic E-state index is 12.4. The molecular formula is C18H28N2O2S. The Labute approximate surface area is 144 Å². The van der Waals surface area contributed by atoms with Gasteiger partial charge in [-0.3, -0.25) is 0 Å². The summed E-state index contributed by atoms with van der Waals surface area (Å²) in [6.07, 6.45) is 1.04. The first-order valence-corrected chi connectivity index (χ1v) is 9.12. The van der Waals surface area contributed by atoms with Gasteiger partial charge in [0.1, 0.15) is 0 Å². The number of benzene rings is 1. The number of amides is 2. The molecule has 1 aromatic rings. The third kappa shape index (κ3) is 6.07. The summed E-state index contributed by atoms with van der Waals surface area (Å²) < 4.78 is 5.58. The first-order chi connectivity index (χ1) is 10.9. The summed E-state index contributed by atoms with van der Waals surface area (Å²) in [5.74, 6) is 0.464. The summed E-state index contributed by atoms with van der Waals surface area (Å²) in [4.78, 5) is 15.5. The van der Waals surface area contributed by atoms with E-state index < -0.39 is 0 Å². The Morgan fingerprint density at radius 3 is 2.57 bits per heavy atom. The molecule has 1 aliphatic heterocycles. The van der Waals surface area contributed by atoms with E-state index in [9.17, 15) is 4.79 Å². The third-order valence-corrected chi connectivity index (χ3v) is 4.82. The summed E-state index contributed by atoms with van der Waals surface area (Å²) in [7, 11) is 0. The lowest BCUT2D eigenvalue weighted by Gasteiger charge is -2.24. The highest BCUT2D eigenvalue weighted by atomic mass is 32.2. The standard InChI is InChI=1S/C18H28N2O2S/c1-5-20(12-14-10-11-22-13-14)17(21)19-15-6-8-16(9-7-15)23-18(2,3)4/h6-9,14H,5,10-13H2,1-4H3,(H,19,21)/t14-/m0/s1. The molecule has 5 heteroatoms. The SMILES string of the molecule is CCN(C[C@@H]1CCOC1)C(=O)Nc1ccc(SC(C)(C)C)cc1. The zero-order chi connectivity index (χ0) is 16.9. The molecule has 0 aliphatic carbocycles. The topological polar surface area (TPSA) is 41.6 Å². The Morgan fingerprint density at radius 1 is 1.35 bits per heavy atom. The highest BCUT2D eigenvalue weighted by molar-refractivity contribution is 8.00. The number of carbonyl (C=O) groups excluding carboxylic acids is 1. The maximum absolute atomic E-state index is 12.4. The third-order valence-electron chi connectivity index (χ3n) is 3.70. The lowest BCUT2D eigenvalue weighted by atomic mass is 10.1. The van der Waals surface area contributed by atoms with Crippen molar-refractivity contribution in [3.63, 3.8) is 0 Å². The molecule has 0 radical (unpaired) electrons. The Balaban J connectivity index is 1.90. The summed E-state index contributed by atoms with van der Waals surface area (Å²) in [5.41, 5.74) is 0.842. The van der Waals surface area contributed by atoms with E-state index in [1.807, 2.05) is 35.7 Å². The number of nitrogens with one attached hydrogen (secondary N) is 1. The number of hydrogen-bond acceptors (Lipinski definition) is 3. The summed E-state index contributed by atoms with van der Waals surface area (Å²) in [5, 5.41) is 2.99. The molecule has 1 N–H and O–H groups in total. The largest absolute Gasteiger partial charge is 0.381 e. The van der Waals surface area contributed by atoms with E-state index in [0.29, 0.717) is 12.5 Å². The van der Waals surface area contributed by atoms with Crippen LogP contribution in [0.4, 0.5) is 10.5 Å². The van der Waals surface area contributed by atoms with Crippen LogP contribution in [0.25, 0.3) is 0 Å². The van der Waals surface area contributed by atoms with E-state index in [1.165, 1.54) is 4.90 Å². The van der Waals surface area contributed by atoms with Crippen LogP contribution in [0.15, 0.2) is 29.2 Å². The molecule has 1 saturated heterocycles. The lowest BCUT2D eigenvalue weighted by molar-refractivity contribution is 0.171. The van der Waals surface area contributed by atoms with Crippen molar-refractivity contribution in [1.29, 1.82) is 0 Å². The minimum atomic E-state index is -0.0318. The highest BCUT2D eigenvalue weighted by Crippen LogP contribution is 2.32. The average molecular weight is 337 g/mol. The normalized spacial score (nSPS) is 18.0. The van der Waals surface area contributed by atoms with Crippen LogP contribution in [0.5, 0.6) is 0 Å². The molecule has 128 valence electrons. The quantitative estimate of drug-likeness (QED) is 0.807. The van der Waals surface area contributed by atoms with Crippen LogP contribution >= 0.6 is 11.8 Å².